The minimum absolute atomic E-state index is 0.00749. The van der Waals surface area contributed by atoms with E-state index in [1.165, 1.54) is 0 Å². The number of aromatic hydroxyl groups is 3. The van der Waals surface area contributed by atoms with E-state index in [1.807, 2.05) is 103 Å². The van der Waals surface area contributed by atoms with E-state index in [-0.39, 0.29) is 102 Å². The van der Waals surface area contributed by atoms with E-state index in [2.05, 4.69) is 40.5 Å². The highest BCUT2D eigenvalue weighted by Gasteiger charge is 2.30. The maximum Gasteiger partial charge on any atom is 0.347 e. The van der Waals surface area contributed by atoms with Crippen LogP contribution in [0.15, 0.2) is 191 Å². The fourth-order valence-corrected chi connectivity index (χ4v) is 8.92. The van der Waals surface area contributed by atoms with Crippen LogP contribution in [0.3, 0.4) is 0 Å². The molecule has 0 saturated carbocycles. The molecule has 27 heteroatoms. The Kier molecular flexibility index (Phi) is 21.0. The Balaban J connectivity index is 0.000000165. The number of esters is 2. The summed E-state index contributed by atoms with van der Waals surface area (Å²) in [7, 11) is 0. The number of aldehydes is 1. The van der Waals surface area contributed by atoms with Crippen molar-refractivity contribution in [3.8, 4) is 17.2 Å². The predicted molar refractivity (Wildman–Crippen MR) is 329 cm³/mol. The van der Waals surface area contributed by atoms with Crippen LogP contribution < -0.4 is 41.8 Å². The molecule has 466 valence electrons. The van der Waals surface area contributed by atoms with Crippen molar-refractivity contribution in [1.29, 1.82) is 0 Å². The molecule has 2 amide bonds. The molecule has 92 heavy (non-hydrogen) atoms. The quantitative estimate of drug-likeness (QED) is 0.0471. The third kappa shape index (κ3) is 14.8. The lowest BCUT2D eigenvalue weighted by molar-refractivity contribution is 0.0498. The van der Waals surface area contributed by atoms with Gasteiger partial charge in [0.1, 0.15) is 73.1 Å². The van der Waals surface area contributed by atoms with Gasteiger partial charge in [-0.15, -0.1) is 14.2 Å². The molecule has 0 unspecified atom stereocenters. The molecule has 11 rings (SSSR count). The average Bonchev–Trinajstić information content (AvgIpc) is 0.775. The Morgan fingerprint density at radius 1 is 0.457 bits per heavy atom. The maximum absolute atomic E-state index is 13.1. The average molecular weight is 1250 g/mol. The lowest BCUT2D eigenvalue weighted by Crippen LogP contribution is -2.34. The van der Waals surface area contributed by atoms with Crippen molar-refractivity contribution in [2.45, 2.75) is 46.8 Å². The van der Waals surface area contributed by atoms with Crippen LogP contribution in [-0.2, 0) is 42.4 Å². The summed E-state index contributed by atoms with van der Waals surface area (Å²) in [6.45, 7) is 3.62. The number of nitrogens with zero attached hydrogens (tertiary/aromatic N) is 9. The highest BCUT2D eigenvalue weighted by molar-refractivity contribution is 6.09. The van der Waals surface area contributed by atoms with Gasteiger partial charge in [-0.3, -0.25) is 28.8 Å². The summed E-state index contributed by atoms with van der Waals surface area (Å²) >= 11 is 0. The van der Waals surface area contributed by atoms with E-state index >= 15 is 0 Å². The molecule has 27 nitrogen and oxygen atoms in total. The monoisotopic (exact) mass is 1250 g/mol. The number of rotatable bonds is 20. The topological polar surface area (TPSA) is 360 Å². The SMILES string of the molecule is CCOC(=O)c1c(O)c2c(C(=O)NCc3ccccc3)ncnc2n(OCc2ccccc2)c1=O.CCOC(=O)c1c(O)c2c(C=O)ncnc2n(OCc2ccccc2)c1=O.O=C(NCc1ccccc1)c1ncnc2c1c(O)cc(=O)n2OCc1ccccc1. The number of pyridine rings is 3. The molecule has 0 spiro atoms. The number of fused-ring (bicyclic) bond motifs is 3. The number of carbonyl (C=O) groups is 5. The number of nitrogens with one attached hydrogen (secondary N) is 2. The molecule has 6 heterocycles. The third-order valence-corrected chi connectivity index (χ3v) is 13.3. The van der Waals surface area contributed by atoms with Gasteiger partial charge in [-0.2, -0.15) is 0 Å². The van der Waals surface area contributed by atoms with Gasteiger partial charge in [0.25, 0.3) is 17.4 Å². The van der Waals surface area contributed by atoms with Gasteiger partial charge in [-0.05, 0) is 41.7 Å². The van der Waals surface area contributed by atoms with Crippen LogP contribution >= 0.6 is 0 Å². The molecule has 0 saturated heterocycles. The van der Waals surface area contributed by atoms with Crippen LogP contribution in [-0.4, -0.2) is 103 Å². The smallest absolute Gasteiger partial charge is 0.347 e. The van der Waals surface area contributed by atoms with Crippen molar-refractivity contribution in [3.63, 3.8) is 0 Å². The van der Waals surface area contributed by atoms with Gasteiger partial charge in [0.15, 0.2) is 34.4 Å². The van der Waals surface area contributed by atoms with Crippen LogP contribution in [0.25, 0.3) is 33.1 Å². The number of amides is 2. The van der Waals surface area contributed by atoms with Gasteiger partial charge in [0.05, 0.1) is 29.4 Å². The van der Waals surface area contributed by atoms with E-state index in [9.17, 15) is 53.7 Å². The second kappa shape index (κ2) is 30.3. The lowest BCUT2D eigenvalue weighted by atomic mass is 10.1. The first-order valence-electron chi connectivity index (χ1n) is 28.0. The first-order chi connectivity index (χ1) is 44.7. The summed E-state index contributed by atoms with van der Waals surface area (Å²) in [6.07, 6.45) is 3.66. The number of hydrogen-bond acceptors (Lipinski definition) is 22. The standard InChI is InChI=1S/C25H22N4O6.C22H18N4O4.C18H15N3O6/c1-2-34-25(33)19-21(30)18-20(23(31)26-13-16-9-5-3-6-10-16)27-15-28-22(18)29(24(19)32)35-14-17-11-7-4-8-12-17;27-17-11-18(28)26(30-13-16-9-5-2-6-10-16)21-19(17)20(24-14-25-21)22(29)23-12-15-7-3-1-4-8-15;1-2-26-18(25)14-15(23)13-12(8-22)19-10-20-16(13)21(17(14)24)27-9-11-6-4-3-5-7-11/h3-12,15,30H,2,13-14H2,1H3,(H,26,31);1-11,14,27H,12-13H2,(H,23,29);3-8,10,23H,2,9H2,1H3. The largest absolute Gasteiger partial charge is 0.507 e. The molecular weight excluding hydrogens is 1190 g/mol. The van der Waals surface area contributed by atoms with Crippen molar-refractivity contribution >= 4 is 63.1 Å². The second-order valence-electron chi connectivity index (χ2n) is 19.3. The highest BCUT2D eigenvalue weighted by atomic mass is 16.7. The van der Waals surface area contributed by atoms with Gasteiger partial charge in [0.2, 0.25) is 0 Å². The van der Waals surface area contributed by atoms with E-state index < -0.39 is 63.1 Å². The molecule has 11 aromatic rings. The van der Waals surface area contributed by atoms with Crippen molar-refractivity contribution in [2.75, 3.05) is 13.2 Å². The summed E-state index contributed by atoms with van der Waals surface area (Å²) in [5.41, 5.74) is -0.539. The molecule has 0 radical (unpaired) electrons. The maximum atomic E-state index is 13.1. The summed E-state index contributed by atoms with van der Waals surface area (Å²) in [5.74, 6) is -5.12. The van der Waals surface area contributed by atoms with Crippen LogP contribution in [0, 0.1) is 0 Å². The van der Waals surface area contributed by atoms with Gasteiger partial charge >= 0.3 is 23.1 Å². The zero-order chi connectivity index (χ0) is 65.1. The summed E-state index contributed by atoms with van der Waals surface area (Å²) in [6, 6.07) is 46.9. The molecule has 0 aliphatic rings. The van der Waals surface area contributed by atoms with E-state index in [4.69, 9.17) is 24.0 Å². The zero-order valence-corrected chi connectivity index (χ0v) is 48.9. The Hall–Kier alpha value is -12.7. The molecule has 6 aromatic heterocycles. The first kappa shape index (κ1) is 63.8. The summed E-state index contributed by atoms with van der Waals surface area (Å²) in [5, 5.41) is 36.8. The number of aromatic nitrogens is 9. The molecule has 0 aliphatic carbocycles. The van der Waals surface area contributed by atoms with Crippen molar-refractivity contribution in [2.24, 2.45) is 0 Å². The highest BCUT2D eigenvalue weighted by Crippen LogP contribution is 2.30. The normalized spacial score (nSPS) is 10.6. The van der Waals surface area contributed by atoms with E-state index in [0.717, 1.165) is 67.1 Å². The fraction of sp³-hybridized carbons (Fsp3) is 0.138. The van der Waals surface area contributed by atoms with E-state index in [0.29, 0.717) is 6.29 Å². The summed E-state index contributed by atoms with van der Waals surface area (Å²) < 4.78 is 12.3. The number of benzene rings is 5. The number of ether oxygens (including phenoxy) is 2. The van der Waals surface area contributed by atoms with Crippen LogP contribution in [0.2, 0.25) is 0 Å². The van der Waals surface area contributed by atoms with Gasteiger partial charge in [-0.25, -0.2) is 39.5 Å². The third-order valence-electron chi connectivity index (χ3n) is 13.3. The molecular formula is C65H55N11O16. The zero-order valence-electron chi connectivity index (χ0n) is 48.9. The second-order valence-corrected chi connectivity index (χ2v) is 19.3. The van der Waals surface area contributed by atoms with Crippen LogP contribution in [0.4, 0.5) is 0 Å². The minimum atomic E-state index is -1.06. The summed E-state index contributed by atoms with van der Waals surface area (Å²) in [4.78, 5) is 141. The van der Waals surface area contributed by atoms with Crippen LogP contribution in [0.1, 0.15) is 93.8 Å². The number of hydrogen-bond donors (Lipinski definition) is 5. The van der Waals surface area contributed by atoms with Gasteiger partial charge in [0, 0.05) is 19.2 Å². The Morgan fingerprint density at radius 3 is 1.21 bits per heavy atom. The van der Waals surface area contributed by atoms with E-state index in [1.54, 1.807) is 62.4 Å². The lowest BCUT2D eigenvalue weighted by Gasteiger charge is -2.15. The first-order valence-corrected chi connectivity index (χ1v) is 28.0. The molecule has 0 fully saturated rings. The van der Waals surface area contributed by atoms with Crippen LogP contribution in [0.5, 0.6) is 17.2 Å². The molecule has 0 atom stereocenters. The fourth-order valence-electron chi connectivity index (χ4n) is 8.92. The number of carbonyl (C=O) groups excluding carboxylic acids is 5. The van der Waals surface area contributed by atoms with Gasteiger partial charge < -0.3 is 49.9 Å². The Labute approximate surface area is 520 Å². The van der Waals surface area contributed by atoms with Crippen molar-refractivity contribution < 1.29 is 63.3 Å². The molecule has 5 N–H and O–H groups in total. The molecule has 0 aliphatic heterocycles. The minimum Gasteiger partial charge on any atom is -0.507 e. The van der Waals surface area contributed by atoms with Gasteiger partial charge in [-0.1, -0.05) is 152 Å². The van der Waals surface area contributed by atoms with Crippen molar-refractivity contribution in [1.82, 2.24) is 54.7 Å². The predicted octanol–water partition coefficient (Wildman–Crippen LogP) is 5.40. The Bertz CT molecular complexity index is 4660. The molecule has 5 aromatic carbocycles. The Morgan fingerprint density at radius 2 is 0.804 bits per heavy atom. The molecule has 0 bridgehead atoms. The van der Waals surface area contributed by atoms with Crippen molar-refractivity contribution in [3.05, 3.63) is 264 Å².